The molecule has 0 saturated carbocycles. The molecule has 0 fully saturated rings. The van der Waals surface area contributed by atoms with Crippen LogP contribution < -0.4 is 15.8 Å². The number of aromatic amines is 1. The summed E-state index contributed by atoms with van der Waals surface area (Å²) in [4.78, 5) is 24.1. The van der Waals surface area contributed by atoms with Crippen molar-refractivity contribution in [3.05, 3.63) is 59.0 Å². The lowest BCUT2D eigenvalue weighted by Crippen LogP contribution is -2.42. The number of halogens is 1. The average molecular weight is 426 g/mol. The van der Waals surface area contributed by atoms with Gasteiger partial charge in [0, 0.05) is 13.0 Å². The molecule has 9 heteroatoms. The molecule has 0 saturated heterocycles. The Bertz CT molecular complexity index is 1110. The Balaban J connectivity index is 2.02. The standard InChI is InChI=1S/C22H23FN4O4/c1-13(21(24)29)25-22(30)16-8-10-18-19(20(16)31-12-2-11-28)17(26-27-18)9-5-14-3-6-15(23)7-4-14/h3-10,13,28H,2,11-12H2,1H3,(H2,24,29)(H,25,30)(H,26,27)/t13-/m0/s1. The molecule has 8 nitrogen and oxygen atoms in total. The number of hydrogen-bond acceptors (Lipinski definition) is 5. The van der Waals surface area contributed by atoms with Crippen molar-refractivity contribution in [3.63, 3.8) is 0 Å². The lowest BCUT2D eigenvalue weighted by atomic mass is 10.1. The molecule has 2 aromatic carbocycles. The lowest BCUT2D eigenvalue weighted by Gasteiger charge is -2.15. The van der Waals surface area contributed by atoms with E-state index in [-0.39, 0.29) is 30.3 Å². The highest BCUT2D eigenvalue weighted by Crippen LogP contribution is 2.33. The molecule has 1 heterocycles. The Morgan fingerprint density at radius 1 is 1.26 bits per heavy atom. The quantitative estimate of drug-likeness (QED) is 0.390. The number of rotatable bonds is 9. The molecular weight excluding hydrogens is 403 g/mol. The fourth-order valence-corrected chi connectivity index (χ4v) is 2.89. The van der Waals surface area contributed by atoms with Gasteiger partial charge in [0.1, 0.15) is 17.6 Å². The van der Waals surface area contributed by atoms with Gasteiger partial charge in [-0.15, -0.1) is 0 Å². The first kappa shape index (κ1) is 22.0. The molecule has 5 N–H and O–H groups in total. The molecular formula is C22H23FN4O4. The van der Waals surface area contributed by atoms with Crippen molar-refractivity contribution in [2.24, 2.45) is 5.73 Å². The van der Waals surface area contributed by atoms with Crippen LogP contribution in [0, 0.1) is 5.82 Å². The third-order valence-electron chi connectivity index (χ3n) is 4.58. The van der Waals surface area contributed by atoms with Crippen LogP contribution >= 0.6 is 0 Å². The summed E-state index contributed by atoms with van der Waals surface area (Å²) in [5.74, 6) is -1.25. The van der Waals surface area contributed by atoms with Crippen LogP contribution in [0.2, 0.25) is 0 Å². The first-order valence-electron chi connectivity index (χ1n) is 9.69. The molecule has 0 unspecified atom stereocenters. The van der Waals surface area contributed by atoms with E-state index in [2.05, 4.69) is 15.5 Å². The van der Waals surface area contributed by atoms with Gasteiger partial charge in [-0.2, -0.15) is 5.10 Å². The van der Waals surface area contributed by atoms with E-state index in [0.717, 1.165) is 5.56 Å². The number of carbonyl (C=O) groups is 2. The number of carbonyl (C=O) groups excluding carboxylic acids is 2. The Labute approximate surface area is 177 Å². The van der Waals surface area contributed by atoms with Gasteiger partial charge < -0.3 is 20.9 Å². The number of nitrogens with one attached hydrogen (secondary N) is 2. The van der Waals surface area contributed by atoms with Gasteiger partial charge in [0.15, 0.2) is 0 Å². The molecule has 2 amide bonds. The summed E-state index contributed by atoms with van der Waals surface area (Å²) in [5.41, 5.74) is 7.37. The summed E-state index contributed by atoms with van der Waals surface area (Å²) in [7, 11) is 0. The molecule has 3 rings (SSSR count). The Hall–Kier alpha value is -3.72. The molecule has 0 spiro atoms. The van der Waals surface area contributed by atoms with Gasteiger partial charge in [0.2, 0.25) is 5.91 Å². The number of hydrogen-bond donors (Lipinski definition) is 4. The minimum atomic E-state index is -0.865. The van der Waals surface area contributed by atoms with Gasteiger partial charge in [-0.25, -0.2) is 4.39 Å². The van der Waals surface area contributed by atoms with Crippen molar-refractivity contribution in [2.75, 3.05) is 13.2 Å². The summed E-state index contributed by atoms with van der Waals surface area (Å²) in [6, 6.07) is 8.32. The predicted octanol–water partition coefficient (Wildman–Crippen LogP) is 2.24. The molecule has 3 aromatic rings. The maximum atomic E-state index is 13.1. The topological polar surface area (TPSA) is 130 Å². The number of nitrogens with two attached hydrogens (primary N) is 1. The van der Waals surface area contributed by atoms with Crippen LogP contribution in [0.3, 0.4) is 0 Å². The summed E-state index contributed by atoms with van der Waals surface area (Å²) in [6.45, 7) is 1.59. The monoisotopic (exact) mass is 426 g/mol. The van der Waals surface area contributed by atoms with Crippen molar-refractivity contribution < 1.29 is 23.8 Å². The predicted molar refractivity (Wildman–Crippen MR) is 115 cm³/mol. The average Bonchev–Trinajstić information content (AvgIpc) is 3.16. The number of ether oxygens (including phenoxy) is 1. The van der Waals surface area contributed by atoms with Gasteiger partial charge in [-0.05, 0) is 42.8 Å². The smallest absolute Gasteiger partial charge is 0.255 e. The van der Waals surface area contributed by atoms with Gasteiger partial charge >= 0.3 is 0 Å². The van der Waals surface area contributed by atoms with E-state index >= 15 is 0 Å². The van der Waals surface area contributed by atoms with Crippen molar-refractivity contribution in [3.8, 4) is 5.75 Å². The van der Waals surface area contributed by atoms with E-state index in [1.807, 2.05) is 0 Å². The molecule has 0 aliphatic heterocycles. The number of benzene rings is 2. The molecule has 1 atom stereocenters. The molecule has 1 aromatic heterocycles. The van der Waals surface area contributed by atoms with Gasteiger partial charge in [-0.3, -0.25) is 14.7 Å². The van der Waals surface area contributed by atoms with Crippen LogP contribution in [0.4, 0.5) is 4.39 Å². The minimum absolute atomic E-state index is 0.0705. The first-order valence-corrected chi connectivity index (χ1v) is 9.69. The second-order valence-corrected chi connectivity index (χ2v) is 6.88. The number of fused-ring (bicyclic) bond motifs is 1. The van der Waals surface area contributed by atoms with E-state index in [4.69, 9.17) is 15.6 Å². The number of amides is 2. The highest BCUT2D eigenvalue weighted by atomic mass is 19.1. The number of aliphatic hydroxyl groups is 1. The molecule has 31 heavy (non-hydrogen) atoms. The van der Waals surface area contributed by atoms with Crippen LogP contribution in [-0.4, -0.2) is 46.4 Å². The van der Waals surface area contributed by atoms with Gasteiger partial charge in [0.25, 0.3) is 5.91 Å². The molecule has 162 valence electrons. The number of H-pyrrole nitrogens is 1. The van der Waals surface area contributed by atoms with E-state index < -0.39 is 17.9 Å². The molecule has 0 aliphatic carbocycles. The zero-order valence-corrected chi connectivity index (χ0v) is 16.9. The second kappa shape index (κ2) is 9.86. The van der Waals surface area contributed by atoms with E-state index in [9.17, 15) is 14.0 Å². The highest BCUT2D eigenvalue weighted by molar-refractivity contribution is 6.06. The number of nitrogens with zero attached hydrogens (tertiary/aromatic N) is 1. The SMILES string of the molecule is C[C@H](NC(=O)c1ccc2n[nH]c(C=Cc3ccc(F)cc3)c2c1OCCCO)C(N)=O. The summed E-state index contributed by atoms with van der Waals surface area (Å²) < 4.78 is 19.0. The number of aliphatic hydroxyl groups excluding tert-OH is 1. The van der Waals surface area contributed by atoms with Crippen LogP contribution in [-0.2, 0) is 4.79 Å². The van der Waals surface area contributed by atoms with Crippen LogP contribution in [0.15, 0.2) is 36.4 Å². The van der Waals surface area contributed by atoms with E-state index in [1.54, 1.807) is 36.4 Å². The first-order chi connectivity index (χ1) is 14.9. The molecule has 0 aliphatic rings. The Morgan fingerprint density at radius 3 is 2.68 bits per heavy atom. The van der Waals surface area contributed by atoms with Crippen LogP contribution in [0.1, 0.15) is 35.0 Å². The lowest BCUT2D eigenvalue weighted by molar-refractivity contribution is -0.119. The third kappa shape index (κ3) is 5.26. The summed E-state index contributed by atoms with van der Waals surface area (Å²) in [6.07, 6.45) is 3.88. The van der Waals surface area contributed by atoms with Crippen molar-refractivity contribution in [1.29, 1.82) is 0 Å². The van der Waals surface area contributed by atoms with Crippen molar-refractivity contribution >= 4 is 34.9 Å². The van der Waals surface area contributed by atoms with Crippen LogP contribution in [0.5, 0.6) is 5.75 Å². The zero-order valence-electron chi connectivity index (χ0n) is 16.9. The number of aromatic nitrogens is 2. The summed E-state index contributed by atoms with van der Waals surface area (Å²) in [5, 5.41) is 19.4. The second-order valence-electron chi connectivity index (χ2n) is 6.88. The Morgan fingerprint density at radius 2 is 2.00 bits per heavy atom. The van der Waals surface area contributed by atoms with E-state index in [1.165, 1.54) is 19.1 Å². The molecule has 0 radical (unpaired) electrons. The van der Waals surface area contributed by atoms with Gasteiger partial charge in [-0.1, -0.05) is 18.2 Å². The zero-order chi connectivity index (χ0) is 22.4. The molecule has 0 bridgehead atoms. The van der Waals surface area contributed by atoms with Crippen molar-refractivity contribution in [2.45, 2.75) is 19.4 Å². The maximum absolute atomic E-state index is 13.1. The van der Waals surface area contributed by atoms with Crippen LogP contribution in [0.25, 0.3) is 23.1 Å². The van der Waals surface area contributed by atoms with Gasteiger partial charge in [0.05, 0.1) is 28.8 Å². The minimum Gasteiger partial charge on any atom is -0.492 e. The van der Waals surface area contributed by atoms with Crippen molar-refractivity contribution in [1.82, 2.24) is 15.5 Å². The number of primary amides is 1. The largest absolute Gasteiger partial charge is 0.492 e. The fourth-order valence-electron chi connectivity index (χ4n) is 2.89. The normalized spacial score (nSPS) is 12.2. The third-order valence-corrected chi connectivity index (χ3v) is 4.58. The summed E-state index contributed by atoms with van der Waals surface area (Å²) >= 11 is 0. The fraction of sp³-hybridized carbons (Fsp3) is 0.227. The van der Waals surface area contributed by atoms with E-state index in [0.29, 0.717) is 23.0 Å². The maximum Gasteiger partial charge on any atom is 0.255 e. The Kier molecular flexibility index (Phi) is 6.99. The highest BCUT2D eigenvalue weighted by Gasteiger charge is 2.22.